The third-order valence-corrected chi connectivity index (χ3v) is 9.32. The Morgan fingerprint density at radius 2 is 1.66 bits per heavy atom. The first-order valence-electron chi connectivity index (χ1n) is 11.7. The van der Waals surface area contributed by atoms with E-state index in [9.17, 15) is 9.59 Å². The summed E-state index contributed by atoms with van der Waals surface area (Å²) in [4.78, 5) is 29.3. The van der Waals surface area contributed by atoms with Crippen molar-refractivity contribution in [2.24, 2.45) is 34.1 Å². The Hall–Kier alpha value is -1.70. The zero-order chi connectivity index (χ0) is 22.6. The summed E-state index contributed by atoms with van der Waals surface area (Å²) in [5, 5.41) is 0. The van der Waals surface area contributed by atoms with Crippen molar-refractivity contribution in [3.05, 3.63) is 46.5 Å². The van der Waals surface area contributed by atoms with Crippen LogP contribution in [0.1, 0.15) is 37.7 Å². The van der Waals surface area contributed by atoms with E-state index >= 15 is 0 Å². The van der Waals surface area contributed by atoms with Crippen molar-refractivity contribution in [2.45, 2.75) is 37.5 Å². The molecule has 3 aliphatic carbocycles. The minimum Gasteiger partial charge on any atom is -0.379 e. The van der Waals surface area contributed by atoms with Gasteiger partial charge in [-0.2, -0.15) is 0 Å². The number of nitrogens with zero attached hydrogens (tertiary/aromatic N) is 1. The molecule has 5 rings (SSSR count). The first-order chi connectivity index (χ1) is 15.4. The van der Waals surface area contributed by atoms with Crippen molar-refractivity contribution >= 4 is 27.7 Å². The van der Waals surface area contributed by atoms with Gasteiger partial charge in [0.15, 0.2) is 0 Å². The molecule has 2 saturated carbocycles. The quantitative estimate of drug-likeness (QED) is 0.422. The first-order valence-corrected chi connectivity index (χ1v) is 12.5. The van der Waals surface area contributed by atoms with Gasteiger partial charge in [0, 0.05) is 23.5 Å². The molecule has 4 N–H and O–H groups in total. The number of carbonyl (C=O) groups excluding carboxylic acids is 2. The molecule has 7 heteroatoms. The fraction of sp³-hybridized carbons (Fsp3) is 0.600. The largest absolute Gasteiger partial charge is 0.379 e. The van der Waals surface area contributed by atoms with Crippen molar-refractivity contribution < 1.29 is 14.3 Å². The number of allylic oxidation sites excluding steroid dienone is 2. The number of unbranched alkanes of at least 4 members (excludes halogenated alkanes) is 1. The number of halogens is 1. The van der Waals surface area contributed by atoms with E-state index in [1.165, 1.54) is 0 Å². The lowest BCUT2D eigenvalue weighted by atomic mass is 9.52. The van der Waals surface area contributed by atoms with Gasteiger partial charge in [-0.1, -0.05) is 46.6 Å². The predicted molar refractivity (Wildman–Crippen MR) is 126 cm³/mol. The van der Waals surface area contributed by atoms with Crippen LogP contribution in [0.4, 0.5) is 0 Å². The summed E-state index contributed by atoms with van der Waals surface area (Å²) in [7, 11) is 0. The zero-order valence-electron chi connectivity index (χ0n) is 18.4. The van der Waals surface area contributed by atoms with Gasteiger partial charge in [0.25, 0.3) is 0 Å². The summed E-state index contributed by atoms with van der Waals surface area (Å²) in [5.41, 5.74) is 11.2. The molecule has 0 aromatic heterocycles. The lowest BCUT2D eigenvalue weighted by Gasteiger charge is -2.48. The molecule has 32 heavy (non-hydrogen) atoms. The summed E-state index contributed by atoms with van der Waals surface area (Å²) in [6.07, 6.45) is 8.73. The van der Waals surface area contributed by atoms with Crippen LogP contribution in [-0.2, 0) is 19.7 Å². The summed E-state index contributed by atoms with van der Waals surface area (Å²) in [5.74, 6) is -0.911. The number of primary amides is 2. The SMILES string of the molecule is NC(=O)[C@]1(CCCCN2CCOCC2)[C@@H]2C=C[C@@H](C23CC3)[C@@]1(C(N)=O)c1ccc(Br)cc1. The van der Waals surface area contributed by atoms with Gasteiger partial charge in [0.2, 0.25) is 11.8 Å². The molecule has 2 amide bonds. The molecular weight excluding hydrogens is 470 g/mol. The minimum atomic E-state index is -1.10. The zero-order valence-corrected chi connectivity index (χ0v) is 20.0. The standard InChI is InChI=1S/C25H32BrN3O3/c26-18-5-3-17(4-6-18)25(22(28)31)20-8-7-19(23(20)10-11-23)24(25,21(27)30)9-1-2-12-29-13-15-32-16-14-29/h3-8,19-20H,1-2,9-16H2,(H2,27,30)(H2,28,31)/t19-,20+,24+,25-/m1/s1. The van der Waals surface area contributed by atoms with Crippen LogP contribution >= 0.6 is 15.9 Å². The number of benzene rings is 1. The van der Waals surface area contributed by atoms with Gasteiger partial charge in [0.05, 0.1) is 24.0 Å². The van der Waals surface area contributed by atoms with Gasteiger partial charge in [-0.25, -0.2) is 0 Å². The molecule has 1 aromatic carbocycles. The molecule has 6 nitrogen and oxygen atoms in total. The van der Waals surface area contributed by atoms with Crippen LogP contribution in [0.25, 0.3) is 0 Å². The van der Waals surface area contributed by atoms with E-state index in [1.807, 2.05) is 24.3 Å². The monoisotopic (exact) mass is 501 g/mol. The van der Waals surface area contributed by atoms with E-state index in [2.05, 4.69) is 33.0 Å². The predicted octanol–water partition coefficient (Wildman–Crippen LogP) is 2.74. The van der Waals surface area contributed by atoms with Gasteiger partial charge >= 0.3 is 0 Å². The van der Waals surface area contributed by atoms with Crippen LogP contribution in [-0.4, -0.2) is 49.6 Å². The molecule has 2 bridgehead atoms. The van der Waals surface area contributed by atoms with Crippen molar-refractivity contribution in [1.82, 2.24) is 4.90 Å². The Balaban J connectivity index is 1.52. The molecule has 1 aromatic rings. The molecule has 0 radical (unpaired) electrons. The van der Waals surface area contributed by atoms with Crippen LogP contribution in [0.2, 0.25) is 0 Å². The highest BCUT2D eigenvalue weighted by molar-refractivity contribution is 9.10. The lowest BCUT2D eigenvalue weighted by molar-refractivity contribution is -0.143. The van der Waals surface area contributed by atoms with Crippen molar-refractivity contribution in [2.75, 3.05) is 32.8 Å². The third-order valence-electron chi connectivity index (χ3n) is 8.79. The van der Waals surface area contributed by atoms with Gasteiger partial charge in [0.1, 0.15) is 0 Å². The number of hydrogen-bond acceptors (Lipinski definition) is 4. The van der Waals surface area contributed by atoms with Gasteiger partial charge in [-0.15, -0.1) is 0 Å². The molecule has 3 fully saturated rings. The Labute approximate surface area is 197 Å². The van der Waals surface area contributed by atoms with Crippen LogP contribution < -0.4 is 11.5 Å². The number of hydrogen-bond donors (Lipinski definition) is 2. The maximum absolute atomic E-state index is 13.5. The van der Waals surface area contributed by atoms with E-state index in [1.54, 1.807) is 0 Å². The Morgan fingerprint density at radius 3 is 2.25 bits per heavy atom. The fourth-order valence-corrected chi connectivity index (χ4v) is 7.64. The Morgan fingerprint density at radius 1 is 1.00 bits per heavy atom. The second-order valence-electron chi connectivity index (χ2n) is 10.00. The highest BCUT2D eigenvalue weighted by Crippen LogP contribution is 2.80. The highest BCUT2D eigenvalue weighted by Gasteiger charge is 2.82. The minimum absolute atomic E-state index is 0.0305. The van der Waals surface area contributed by atoms with Crippen LogP contribution in [0.3, 0.4) is 0 Å². The molecule has 1 aliphatic heterocycles. The van der Waals surface area contributed by atoms with Crippen molar-refractivity contribution in [3.63, 3.8) is 0 Å². The second-order valence-corrected chi connectivity index (χ2v) is 10.9. The summed E-state index contributed by atoms with van der Waals surface area (Å²) in [6.45, 7) is 4.41. The Kier molecular flexibility index (Phi) is 5.50. The van der Waals surface area contributed by atoms with E-state index in [0.29, 0.717) is 6.42 Å². The van der Waals surface area contributed by atoms with Gasteiger partial charge < -0.3 is 16.2 Å². The maximum atomic E-state index is 13.5. The fourth-order valence-electron chi connectivity index (χ4n) is 7.37. The van der Waals surface area contributed by atoms with Gasteiger partial charge in [-0.3, -0.25) is 14.5 Å². The average molecular weight is 502 g/mol. The lowest BCUT2D eigenvalue weighted by Crippen LogP contribution is -2.62. The van der Waals surface area contributed by atoms with Crippen molar-refractivity contribution in [3.8, 4) is 0 Å². The molecular formula is C25H32BrN3O3. The average Bonchev–Trinajstić information content (AvgIpc) is 3.45. The number of amides is 2. The normalized spacial score (nSPS) is 34.8. The Bertz CT molecular complexity index is 938. The molecule has 172 valence electrons. The van der Waals surface area contributed by atoms with E-state index in [-0.39, 0.29) is 23.2 Å². The molecule has 4 atom stereocenters. The molecule has 1 spiro atoms. The number of rotatable bonds is 8. The van der Waals surface area contributed by atoms with E-state index in [0.717, 1.165) is 68.6 Å². The first kappa shape index (κ1) is 22.1. The number of ether oxygens (including phenoxy) is 1. The number of nitrogens with two attached hydrogens (primary N) is 2. The smallest absolute Gasteiger partial charge is 0.229 e. The topological polar surface area (TPSA) is 98.7 Å². The third kappa shape index (κ3) is 2.90. The molecule has 1 saturated heterocycles. The maximum Gasteiger partial charge on any atom is 0.229 e. The van der Waals surface area contributed by atoms with Crippen LogP contribution in [0.15, 0.2) is 40.9 Å². The van der Waals surface area contributed by atoms with E-state index < -0.39 is 16.7 Å². The molecule has 4 aliphatic rings. The van der Waals surface area contributed by atoms with Gasteiger partial charge in [-0.05, 0) is 61.3 Å². The summed E-state index contributed by atoms with van der Waals surface area (Å²) >= 11 is 3.50. The molecule has 0 unspecified atom stereocenters. The summed E-state index contributed by atoms with van der Waals surface area (Å²) in [6, 6.07) is 7.76. The van der Waals surface area contributed by atoms with Crippen molar-refractivity contribution in [1.29, 1.82) is 0 Å². The number of carbonyl (C=O) groups is 2. The second kappa shape index (κ2) is 7.96. The summed E-state index contributed by atoms with van der Waals surface area (Å²) < 4.78 is 6.37. The number of morpholine rings is 1. The van der Waals surface area contributed by atoms with E-state index in [4.69, 9.17) is 16.2 Å². The van der Waals surface area contributed by atoms with Crippen LogP contribution in [0, 0.1) is 22.7 Å². The van der Waals surface area contributed by atoms with Crippen LogP contribution in [0.5, 0.6) is 0 Å². The molecule has 1 heterocycles. The highest BCUT2D eigenvalue weighted by atomic mass is 79.9.